The molecule has 0 radical (unpaired) electrons. The highest BCUT2D eigenvalue weighted by atomic mass is 32.2. The van der Waals surface area contributed by atoms with E-state index in [2.05, 4.69) is 0 Å². The molecule has 0 aliphatic carbocycles. The van der Waals surface area contributed by atoms with Gasteiger partial charge in [0, 0.05) is 13.1 Å². The second-order valence-corrected chi connectivity index (χ2v) is 10.5. The van der Waals surface area contributed by atoms with E-state index in [0.29, 0.717) is 50.7 Å². The van der Waals surface area contributed by atoms with Gasteiger partial charge in [0.1, 0.15) is 0 Å². The van der Waals surface area contributed by atoms with Gasteiger partial charge in [0.15, 0.2) is 6.54 Å². The molecule has 0 unspecified atom stereocenters. The summed E-state index contributed by atoms with van der Waals surface area (Å²) in [6.07, 6.45) is 0.112. The summed E-state index contributed by atoms with van der Waals surface area (Å²) < 4.78 is 33.7. The lowest BCUT2D eigenvalue weighted by Crippen LogP contribution is -3.15. The first-order chi connectivity index (χ1) is 13.6. The Balaban J connectivity index is 1.61. The average molecular weight is 425 g/mol. The molecule has 0 spiro atoms. The van der Waals surface area contributed by atoms with Gasteiger partial charge in [0.05, 0.1) is 43.3 Å². The molecule has 1 amide bonds. The van der Waals surface area contributed by atoms with Crippen LogP contribution in [0.25, 0.3) is 0 Å². The second kappa shape index (κ2) is 8.71. The van der Waals surface area contributed by atoms with Crippen LogP contribution in [0.15, 0.2) is 17.0 Å². The maximum atomic E-state index is 13.2. The summed E-state index contributed by atoms with van der Waals surface area (Å²) in [5.74, 6) is 0.128. The number of benzene rings is 1. The van der Waals surface area contributed by atoms with Crippen LogP contribution < -0.4 is 4.90 Å². The summed E-state index contributed by atoms with van der Waals surface area (Å²) in [7, 11) is -3.52. The maximum Gasteiger partial charge on any atom is 0.277 e. The molecule has 2 aliphatic rings. The molecule has 0 saturated carbocycles. The third kappa shape index (κ3) is 4.99. The van der Waals surface area contributed by atoms with E-state index in [1.54, 1.807) is 4.31 Å². The van der Waals surface area contributed by atoms with Crippen molar-refractivity contribution in [2.45, 2.75) is 51.7 Å². The molecule has 1 aromatic rings. The lowest BCUT2D eigenvalue weighted by atomic mass is 10.1. The highest BCUT2D eigenvalue weighted by Gasteiger charge is 2.34. The van der Waals surface area contributed by atoms with Gasteiger partial charge in [-0.2, -0.15) is 4.31 Å². The number of sulfonamides is 1. The number of carbonyl (C=O) groups excluding carboxylic acids is 1. The lowest BCUT2D eigenvalue weighted by Gasteiger charge is -2.37. The summed E-state index contributed by atoms with van der Waals surface area (Å²) in [6, 6.07) is 3.84. The Bertz CT molecular complexity index is 830. The van der Waals surface area contributed by atoms with Gasteiger partial charge >= 0.3 is 0 Å². The number of carbonyl (C=O) groups is 1. The average Bonchev–Trinajstić information content (AvgIpc) is 2.60. The summed E-state index contributed by atoms with van der Waals surface area (Å²) in [6.45, 7) is 13.5. The number of nitrogens with one attached hydrogen (secondary N) is 1. The number of morpholine rings is 1. The first-order valence-electron chi connectivity index (χ1n) is 10.4. The van der Waals surface area contributed by atoms with Crippen LogP contribution in [0.2, 0.25) is 0 Å². The number of hydrogen-bond donors (Lipinski definition) is 1. The van der Waals surface area contributed by atoms with Gasteiger partial charge < -0.3 is 14.5 Å². The molecule has 29 heavy (non-hydrogen) atoms. The van der Waals surface area contributed by atoms with Crippen LogP contribution in [0, 0.1) is 20.8 Å². The molecule has 2 saturated heterocycles. The van der Waals surface area contributed by atoms with E-state index in [9.17, 15) is 13.2 Å². The molecule has 0 aromatic heterocycles. The summed E-state index contributed by atoms with van der Waals surface area (Å²) in [5.41, 5.74) is 2.66. The molecule has 2 atom stereocenters. The minimum atomic E-state index is -3.52. The van der Waals surface area contributed by atoms with Crippen LogP contribution in [0.5, 0.6) is 0 Å². The van der Waals surface area contributed by atoms with Crippen molar-refractivity contribution in [1.29, 1.82) is 0 Å². The van der Waals surface area contributed by atoms with Crippen molar-refractivity contribution in [2.24, 2.45) is 0 Å². The number of quaternary nitrogens is 1. The standard InChI is InChI=1S/C21H33N3O4S/c1-15-10-16(2)21(17(3)11-15)29(26,27)24-8-6-22(7-9-24)14-20(25)23-12-18(4)28-19(5)13-23/h10-11,18-19H,6-9,12-14H2,1-5H3/p+1/t18-,19-/m0/s1. The van der Waals surface area contributed by atoms with Gasteiger partial charge in [0.25, 0.3) is 5.91 Å². The SMILES string of the molecule is Cc1cc(C)c(S(=O)(=O)N2CC[NH+](CC(=O)N3C[C@H](C)O[C@@H](C)C3)CC2)c(C)c1. The lowest BCUT2D eigenvalue weighted by molar-refractivity contribution is -0.896. The van der Waals surface area contributed by atoms with Crippen molar-refractivity contribution < 1.29 is 22.8 Å². The predicted octanol–water partition coefficient (Wildman–Crippen LogP) is 0.137. The molecule has 2 fully saturated rings. The maximum absolute atomic E-state index is 13.2. The van der Waals surface area contributed by atoms with E-state index in [1.807, 2.05) is 51.7 Å². The molecule has 2 heterocycles. The van der Waals surface area contributed by atoms with Gasteiger partial charge in [-0.05, 0) is 45.7 Å². The second-order valence-electron chi connectivity index (χ2n) is 8.61. The first-order valence-corrected chi connectivity index (χ1v) is 11.9. The normalized spacial score (nSPS) is 24.7. The Hall–Kier alpha value is -1.48. The largest absolute Gasteiger partial charge is 0.372 e. The highest BCUT2D eigenvalue weighted by Crippen LogP contribution is 2.25. The summed E-state index contributed by atoms with van der Waals surface area (Å²) in [5, 5.41) is 0. The summed E-state index contributed by atoms with van der Waals surface area (Å²) >= 11 is 0. The van der Waals surface area contributed by atoms with Crippen LogP contribution in [-0.4, -0.2) is 81.6 Å². The molecule has 7 nitrogen and oxygen atoms in total. The van der Waals surface area contributed by atoms with E-state index >= 15 is 0 Å². The van der Waals surface area contributed by atoms with Crippen LogP contribution in [0.4, 0.5) is 0 Å². The number of aryl methyl sites for hydroxylation is 3. The number of ether oxygens (including phenoxy) is 1. The van der Waals surface area contributed by atoms with Crippen molar-refractivity contribution in [3.63, 3.8) is 0 Å². The Morgan fingerprint density at radius 2 is 1.59 bits per heavy atom. The molecule has 1 N–H and O–H groups in total. The molecule has 162 valence electrons. The predicted molar refractivity (Wildman–Crippen MR) is 112 cm³/mol. The number of hydrogen-bond acceptors (Lipinski definition) is 4. The van der Waals surface area contributed by atoms with Gasteiger partial charge in [-0.25, -0.2) is 8.42 Å². The smallest absolute Gasteiger partial charge is 0.277 e. The third-order valence-electron chi connectivity index (χ3n) is 5.81. The fourth-order valence-electron chi connectivity index (χ4n) is 4.63. The zero-order valence-electron chi connectivity index (χ0n) is 18.2. The van der Waals surface area contributed by atoms with Crippen molar-refractivity contribution >= 4 is 15.9 Å². The number of rotatable bonds is 4. The Morgan fingerprint density at radius 1 is 1.07 bits per heavy atom. The zero-order chi connectivity index (χ0) is 21.3. The van der Waals surface area contributed by atoms with Crippen molar-refractivity contribution in [3.8, 4) is 0 Å². The Kier molecular flexibility index (Phi) is 6.67. The van der Waals surface area contributed by atoms with E-state index in [0.717, 1.165) is 21.6 Å². The van der Waals surface area contributed by atoms with Gasteiger partial charge in [-0.1, -0.05) is 17.7 Å². The molecular formula is C21H34N3O4S+. The molecule has 3 rings (SSSR count). The quantitative estimate of drug-likeness (QED) is 0.746. The van der Waals surface area contributed by atoms with E-state index in [1.165, 1.54) is 0 Å². The van der Waals surface area contributed by atoms with Gasteiger partial charge in [-0.15, -0.1) is 0 Å². The molecule has 8 heteroatoms. The van der Waals surface area contributed by atoms with E-state index in [4.69, 9.17) is 4.74 Å². The molecule has 2 aliphatic heterocycles. The fraction of sp³-hybridized carbons (Fsp3) is 0.667. The fourth-order valence-corrected chi connectivity index (χ4v) is 6.48. The molecular weight excluding hydrogens is 390 g/mol. The van der Waals surface area contributed by atoms with Crippen molar-refractivity contribution in [1.82, 2.24) is 9.21 Å². The minimum absolute atomic E-state index is 0.0562. The monoisotopic (exact) mass is 424 g/mol. The topological polar surface area (TPSA) is 71.4 Å². The van der Waals surface area contributed by atoms with Crippen molar-refractivity contribution in [2.75, 3.05) is 45.8 Å². The Morgan fingerprint density at radius 3 is 2.10 bits per heavy atom. The minimum Gasteiger partial charge on any atom is -0.372 e. The zero-order valence-corrected chi connectivity index (χ0v) is 19.0. The Labute approximate surface area is 174 Å². The number of nitrogens with zero attached hydrogens (tertiary/aromatic N) is 2. The van der Waals surface area contributed by atoms with E-state index in [-0.39, 0.29) is 18.1 Å². The third-order valence-corrected chi connectivity index (χ3v) is 8.01. The van der Waals surface area contributed by atoms with Crippen LogP contribution in [0.3, 0.4) is 0 Å². The molecule has 1 aromatic carbocycles. The number of amides is 1. The van der Waals surface area contributed by atoms with Gasteiger partial charge in [-0.3, -0.25) is 4.79 Å². The van der Waals surface area contributed by atoms with E-state index < -0.39 is 10.0 Å². The van der Waals surface area contributed by atoms with Crippen LogP contribution in [-0.2, 0) is 19.6 Å². The number of piperazine rings is 1. The van der Waals surface area contributed by atoms with Crippen molar-refractivity contribution in [3.05, 3.63) is 28.8 Å². The van der Waals surface area contributed by atoms with Crippen LogP contribution >= 0.6 is 0 Å². The molecule has 0 bridgehead atoms. The highest BCUT2D eigenvalue weighted by molar-refractivity contribution is 7.89. The first kappa shape index (κ1) is 22.2. The van der Waals surface area contributed by atoms with Crippen LogP contribution in [0.1, 0.15) is 30.5 Å². The van der Waals surface area contributed by atoms with Gasteiger partial charge in [0.2, 0.25) is 10.0 Å². The summed E-state index contributed by atoms with van der Waals surface area (Å²) in [4.78, 5) is 16.2.